The van der Waals surface area contributed by atoms with Crippen LogP contribution in [0, 0.1) is 6.92 Å². The Morgan fingerprint density at radius 2 is 1.80 bits per heavy atom. The van der Waals surface area contributed by atoms with Gasteiger partial charge in [0.15, 0.2) is 5.82 Å². The first-order valence-electron chi connectivity index (χ1n) is 9.86. The van der Waals surface area contributed by atoms with Crippen molar-refractivity contribution in [1.29, 1.82) is 0 Å². The molecule has 7 nitrogen and oxygen atoms in total. The lowest BCUT2D eigenvalue weighted by atomic mass is 10.2. The highest BCUT2D eigenvalue weighted by molar-refractivity contribution is 6.33. The Morgan fingerprint density at radius 1 is 1.07 bits per heavy atom. The average molecular weight is 423 g/mol. The molecule has 8 heteroatoms. The maximum atomic E-state index is 12.4. The largest absolute Gasteiger partial charge is 0.354 e. The second-order valence-electron chi connectivity index (χ2n) is 7.22. The molecule has 0 saturated carbocycles. The van der Waals surface area contributed by atoms with E-state index in [9.17, 15) is 4.79 Å². The van der Waals surface area contributed by atoms with Gasteiger partial charge in [0.05, 0.1) is 17.3 Å². The second-order valence-corrected chi connectivity index (χ2v) is 7.63. The van der Waals surface area contributed by atoms with Gasteiger partial charge < -0.3 is 10.2 Å². The molecule has 1 aliphatic heterocycles. The standard InChI is InChI=1S/C22H23ClN6O/c1-16-14-20(27-22(25-16)17-6-8-24-9-7-17)29-12-10-28(11-13-29)15-21(30)26-19-5-3-2-4-18(19)23/h2-9,14H,10-13,15H2,1H3,(H,26,30). The molecule has 0 unspecified atom stereocenters. The number of hydrogen-bond donors (Lipinski definition) is 1. The number of anilines is 2. The van der Waals surface area contributed by atoms with Crippen molar-refractivity contribution in [2.24, 2.45) is 0 Å². The molecule has 30 heavy (non-hydrogen) atoms. The molecule has 1 fully saturated rings. The molecule has 4 rings (SSSR count). The maximum absolute atomic E-state index is 12.4. The van der Waals surface area contributed by atoms with Crippen molar-refractivity contribution in [2.45, 2.75) is 6.92 Å². The van der Waals surface area contributed by atoms with Gasteiger partial charge in [0.2, 0.25) is 5.91 Å². The third-order valence-corrected chi connectivity index (χ3v) is 5.32. The number of aryl methyl sites for hydroxylation is 1. The van der Waals surface area contributed by atoms with Crippen LogP contribution in [-0.2, 0) is 4.79 Å². The molecule has 0 bridgehead atoms. The van der Waals surface area contributed by atoms with Crippen LogP contribution in [0.2, 0.25) is 5.02 Å². The van der Waals surface area contributed by atoms with Gasteiger partial charge in [-0.1, -0.05) is 23.7 Å². The molecule has 1 saturated heterocycles. The lowest BCUT2D eigenvalue weighted by molar-refractivity contribution is -0.117. The molecule has 1 N–H and O–H groups in total. The number of aromatic nitrogens is 3. The quantitative estimate of drug-likeness (QED) is 0.680. The van der Waals surface area contributed by atoms with Gasteiger partial charge in [0, 0.05) is 55.9 Å². The monoisotopic (exact) mass is 422 g/mol. The summed E-state index contributed by atoms with van der Waals surface area (Å²) in [6, 6.07) is 13.1. The van der Waals surface area contributed by atoms with E-state index in [1.165, 1.54) is 0 Å². The smallest absolute Gasteiger partial charge is 0.238 e. The Balaban J connectivity index is 1.36. The molecule has 0 aliphatic carbocycles. The number of rotatable bonds is 5. The average Bonchev–Trinajstić information content (AvgIpc) is 2.76. The van der Waals surface area contributed by atoms with E-state index >= 15 is 0 Å². The van der Waals surface area contributed by atoms with Crippen molar-refractivity contribution < 1.29 is 4.79 Å². The van der Waals surface area contributed by atoms with Crippen molar-refractivity contribution in [3.8, 4) is 11.4 Å². The Bertz CT molecular complexity index is 1020. The summed E-state index contributed by atoms with van der Waals surface area (Å²) in [4.78, 5) is 30.1. The Morgan fingerprint density at radius 3 is 2.53 bits per heavy atom. The third kappa shape index (κ3) is 4.93. The molecule has 2 aromatic heterocycles. The predicted octanol–water partition coefficient (Wildman–Crippen LogP) is 3.26. The molecular weight excluding hydrogens is 400 g/mol. The van der Waals surface area contributed by atoms with Crippen LogP contribution in [0.15, 0.2) is 54.9 Å². The van der Waals surface area contributed by atoms with Crippen molar-refractivity contribution in [3.63, 3.8) is 0 Å². The van der Waals surface area contributed by atoms with Gasteiger partial charge in [-0.15, -0.1) is 0 Å². The van der Waals surface area contributed by atoms with Gasteiger partial charge in [0.25, 0.3) is 0 Å². The zero-order valence-electron chi connectivity index (χ0n) is 16.8. The summed E-state index contributed by atoms with van der Waals surface area (Å²) in [5, 5.41) is 3.42. The molecule has 0 spiro atoms. The molecule has 1 amide bonds. The molecular formula is C22H23ClN6O. The molecule has 3 aromatic rings. The lowest BCUT2D eigenvalue weighted by Crippen LogP contribution is -2.49. The van der Waals surface area contributed by atoms with Gasteiger partial charge in [-0.25, -0.2) is 9.97 Å². The van der Waals surface area contributed by atoms with Gasteiger partial charge in [-0.3, -0.25) is 14.7 Å². The van der Waals surface area contributed by atoms with Crippen molar-refractivity contribution in [1.82, 2.24) is 19.9 Å². The highest BCUT2D eigenvalue weighted by Crippen LogP contribution is 2.22. The minimum Gasteiger partial charge on any atom is -0.354 e. The lowest BCUT2D eigenvalue weighted by Gasteiger charge is -2.35. The summed E-state index contributed by atoms with van der Waals surface area (Å²) in [6.07, 6.45) is 3.49. The van der Waals surface area contributed by atoms with Crippen LogP contribution in [0.5, 0.6) is 0 Å². The van der Waals surface area contributed by atoms with Gasteiger partial charge in [-0.05, 0) is 31.2 Å². The van der Waals surface area contributed by atoms with Crippen LogP contribution in [0.25, 0.3) is 11.4 Å². The summed E-state index contributed by atoms with van der Waals surface area (Å²) >= 11 is 6.12. The Kier molecular flexibility index (Phi) is 6.21. The fourth-order valence-corrected chi connectivity index (χ4v) is 3.62. The summed E-state index contributed by atoms with van der Waals surface area (Å²) in [7, 11) is 0. The molecule has 0 atom stereocenters. The van der Waals surface area contributed by atoms with Crippen LogP contribution >= 0.6 is 11.6 Å². The molecule has 1 aromatic carbocycles. The summed E-state index contributed by atoms with van der Waals surface area (Å²) in [5.41, 5.74) is 2.51. The molecule has 154 valence electrons. The van der Waals surface area contributed by atoms with Gasteiger partial charge in [-0.2, -0.15) is 0 Å². The number of carbonyl (C=O) groups is 1. The van der Waals surface area contributed by atoms with Crippen molar-refractivity contribution in [3.05, 3.63) is 65.6 Å². The summed E-state index contributed by atoms with van der Waals surface area (Å²) < 4.78 is 0. The number of piperazine rings is 1. The topological polar surface area (TPSA) is 74.2 Å². The number of nitrogens with zero attached hydrogens (tertiary/aromatic N) is 5. The number of para-hydroxylation sites is 1. The van der Waals surface area contributed by atoms with E-state index in [-0.39, 0.29) is 5.91 Å². The highest BCUT2D eigenvalue weighted by Gasteiger charge is 2.21. The van der Waals surface area contributed by atoms with Crippen LogP contribution in [0.4, 0.5) is 11.5 Å². The van der Waals surface area contributed by atoms with Crippen LogP contribution in [0.3, 0.4) is 0 Å². The molecule has 3 heterocycles. The predicted molar refractivity (Wildman–Crippen MR) is 119 cm³/mol. The van der Waals surface area contributed by atoms with Crippen LogP contribution in [0.1, 0.15) is 5.69 Å². The second kappa shape index (κ2) is 9.19. The zero-order chi connectivity index (χ0) is 20.9. The highest BCUT2D eigenvalue weighted by atomic mass is 35.5. The number of amides is 1. The van der Waals surface area contributed by atoms with Gasteiger partial charge in [0.1, 0.15) is 5.82 Å². The Hall–Kier alpha value is -3.03. The van der Waals surface area contributed by atoms with Crippen molar-refractivity contribution in [2.75, 3.05) is 42.9 Å². The van der Waals surface area contributed by atoms with E-state index in [1.54, 1.807) is 24.5 Å². The first-order valence-corrected chi connectivity index (χ1v) is 10.2. The molecule has 1 aliphatic rings. The van der Waals surface area contributed by atoms with Crippen molar-refractivity contribution >= 4 is 29.0 Å². The fraction of sp³-hybridized carbons (Fsp3) is 0.273. The number of benzene rings is 1. The number of pyridine rings is 1. The van der Waals surface area contributed by atoms with E-state index in [0.29, 0.717) is 23.1 Å². The van der Waals surface area contributed by atoms with E-state index in [0.717, 1.165) is 43.3 Å². The normalized spacial score (nSPS) is 14.5. The first kappa shape index (κ1) is 20.3. The van der Waals surface area contributed by atoms with E-state index in [2.05, 4.69) is 25.1 Å². The number of carbonyl (C=O) groups excluding carboxylic acids is 1. The fourth-order valence-electron chi connectivity index (χ4n) is 3.43. The SMILES string of the molecule is Cc1cc(N2CCN(CC(=O)Nc3ccccc3Cl)CC2)nc(-c2ccncc2)n1. The van der Waals surface area contributed by atoms with Crippen LogP contribution < -0.4 is 10.2 Å². The van der Waals surface area contributed by atoms with E-state index in [1.807, 2.05) is 37.3 Å². The Labute approximate surface area is 180 Å². The number of nitrogens with one attached hydrogen (secondary N) is 1. The maximum Gasteiger partial charge on any atom is 0.238 e. The van der Waals surface area contributed by atoms with E-state index < -0.39 is 0 Å². The van der Waals surface area contributed by atoms with Gasteiger partial charge >= 0.3 is 0 Å². The van der Waals surface area contributed by atoms with Crippen LogP contribution in [-0.4, -0.2) is 58.5 Å². The first-order chi connectivity index (χ1) is 14.6. The van der Waals surface area contributed by atoms with E-state index in [4.69, 9.17) is 16.6 Å². The minimum atomic E-state index is -0.0607. The minimum absolute atomic E-state index is 0.0607. The zero-order valence-corrected chi connectivity index (χ0v) is 17.5. The number of hydrogen-bond acceptors (Lipinski definition) is 6. The summed E-state index contributed by atoms with van der Waals surface area (Å²) in [6.45, 7) is 5.47. The number of halogens is 1. The molecule has 0 radical (unpaired) electrons. The summed E-state index contributed by atoms with van der Waals surface area (Å²) in [5.74, 6) is 1.55. The third-order valence-electron chi connectivity index (χ3n) is 4.99.